The largest absolute Gasteiger partial charge is 0.500 e. The fourth-order valence-corrected chi connectivity index (χ4v) is 3.68. The van der Waals surface area contributed by atoms with E-state index in [2.05, 4.69) is 0 Å². The fourth-order valence-electron chi connectivity index (χ4n) is 1.71. The van der Waals surface area contributed by atoms with Gasteiger partial charge in [0.1, 0.15) is 0 Å². The van der Waals surface area contributed by atoms with Crippen LogP contribution >= 0.6 is 0 Å². The second-order valence-corrected chi connectivity index (χ2v) is 5.91. The lowest BCUT2D eigenvalue weighted by Crippen LogP contribution is -2.44. The lowest BCUT2D eigenvalue weighted by Gasteiger charge is -2.25. The molecule has 0 radical (unpaired) electrons. The Morgan fingerprint density at radius 3 is 2.00 bits per heavy atom. The van der Waals surface area contributed by atoms with Gasteiger partial charge < -0.3 is 13.6 Å². The highest BCUT2D eigenvalue weighted by Crippen LogP contribution is 2.37. The van der Waals surface area contributed by atoms with Gasteiger partial charge in [0.05, 0.1) is 0 Å². The van der Waals surface area contributed by atoms with Crippen LogP contribution in [0.4, 0.5) is 0 Å². The van der Waals surface area contributed by atoms with E-state index in [1.54, 1.807) is 0 Å². The minimum Gasteiger partial charge on any atom is -0.390 e. The molecule has 0 amide bonds. The lowest BCUT2D eigenvalue weighted by molar-refractivity contribution is 0.138. The fraction of sp³-hybridized carbons (Fsp3) is 1.00. The van der Waals surface area contributed by atoms with E-state index in [1.165, 1.54) is 27.1 Å². The first-order chi connectivity index (χ1) is 5.23. The predicted octanol–water partition coefficient (Wildman–Crippen LogP) is 1.15. The van der Waals surface area contributed by atoms with Crippen LogP contribution in [0.2, 0.25) is 5.54 Å². The van der Waals surface area contributed by atoms with Crippen LogP contribution in [0.3, 0.4) is 0 Å². The predicted molar refractivity (Wildman–Crippen MR) is 44.2 cm³/mol. The van der Waals surface area contributed by atoms with Crippen LogP contribution in [-0.4, -0.2) is 27.8 Å². The van der Waals surface area contributed by atoms with Gasteiger partial charge in [-0.15, -0.1) is 0 Å². The zero-order chi connectivity index (χ0) is 8.32. The van der Waals surface area contributed by atoms with Crippen LogP contribution in [0.1, 0.15) is 25.7 Å². The van der Waals surface area contributed by atoms with E-state index in [4.69, 9.17) is 8.85 Å². The minimum absolute atomic E-state index is 0.289. The summed E-state index contributed by atoms with van der Waals surface area (Å²) in [6, 6.07) is 0. The van der Waals surface area contributed by atoms with Gasteiger partial charge in [-0.2, -0.15) is 0 Å². The van der Waals surface area contributed by atoms with Crippen LogP contribution in [0.25, 0.3) is 0 Å². The molecule has 1 saturated carbocycles. The Morgan fingerprint density at radius 2 is 1.64 bits per heavy atom. The molecule has 0 spiro atoms. The van der Waals surface area contributed by atoms with Crippen molar-refractivity contribution in [3.63, 3.8) is 0 Å². The number of rotatable bonds is 3. The van der Waals surface area contributed by atoms with Crippen molar-refractivity contribution in [2.24, 2.45) is 0 Å². The van der Waals surface area contributed by atoms with Gasteiger partial charge in [-0.05, 0) is 12.8 Å². The Labute approximate surface area is 68.7 Å². The standard InChI is InChI=1S/C7H16O3Si/c1-9-11(8,10-2)7-5-3-4-6-7/h7-8H,3-6H2,1-2H3. The second kappa shape index (κ2) is 3.67. The summed E-state index contributed by atoms with van der Waals surface area (Å²) in [6.45, 7) is 0. The number of hydrogen-bond acceptors (Lipinski definition) is 3. The maximum atomic E-state index is 9.82. The molecular weight excluding hydrogens is 160 g/mol. The molecular formula is C7H16O3Si. The highest BCUT2D eigenvalue weighted by Gasteiger charge is 2.45. The van der Waals surface area contributed by atoms with Crippen LogP contribution in [0, 0.1) is 0 Å². The molecule has 0 aromatic rings. The van der Waals surface area contributed by atoms with Gasteiger partial charge >= 0.3 is 8.80 Å². The molecule has 0 aromatic carbocycles. The van der Waals surface area contributed by atoms with Gasteiger partial charge in [-0.1, -0.05) is 12.8 Å². The summed E-state index contributed by atoms with van der Waals surface area (Å²) in [6.07, 6.45) is 4.52. The third kappa shape index (κ3) is 1.82. The summed E-state index contributed by atoms with van der Waals surface area (Å²) >= 11 is 0. The topological polar surface area (TPSA) is 38.7 Å². The SMILES string of the molecule is CO[Si](O)(OC)C1CCCC1. The maximum Gasteiger partial charge on any atom is 0.500 e. The normalized spacial score (nSPS) is 21.0. The van der Waals surface area contributed by atoms with Crippen LogP contribution < -0.4 is 0 Å². The van der Waals surface area contributed by atoms with E-state index in [-0.39, 0.29) is 5.54 Å². The summed E-state index contributed by atoms with van der Waals surface area (Å²) < 4.78 is 10.1. The third-order valence-electron chi connectivity index (χ3n) is 2.46. The molecule has 11 heavy (non-hydrogen) atoms. The van der Waals surface area contributed by atoms with Crippen molar-refractivity contribution in [2.75, 3.05) is 14.2 Å². The van der Waals surface area contributed by atoms with E-state index in [1.807, 2.05) is 0 Å². The highest BCUT2D eigenvalue weighted by atomic mass is 28.4. The van der Waals surface area contributed by atoms with E-state index in [0.29, 0.717) is 0 Å². The highest BCUT2D eigenvalue weighted by molar-refractivity contribution is 6.60. The Hall–Kier alpha value is 0.0969. The van der Waals surface area contributed by atoms with Crippen molar-refractivity contribution in [1.82, 2.24) is 0 Å². The van der Waals surface area contributed by atoms with Crippen molar-refractivity contribution in [1.29, 1.82) is 0 Å². The summed E-state index contributed by atoms with van der Waals surface area (Å²) in [7, 11) is 0.307. The molecule has 1 fully saturated rings. The summed E-state index contributed by atoms with van der Waals surface area (Å²) in [5.74, 6) is 0. The molecule has 66 valence electrons. The maximum absolute atomic E-state index is 9.82. The smallest absolute Gasteiger partial charge is 0.390 e. The zero-order valence-electron chi connectivity index (χ0n) is 7.17. The Balaban J connectivity index is 2.52. The summed E-state index contributed by atoms with van der Waals surface area (Å²) in [5.41, 5.74) is 0.289. The summed E-state index contributed by atoms with van der Waals surface area (Å²) in [4.78, 5) is 9.82. The molecule has 1 N–H and O–H groups in total. The molecule has 0 unspecified atom stereocenters. The van der Waals surface area contributed by atoms with Gasteiger partial charge in [0.2, 0.25) is 0 Å². The molecule has 4 heteroatoms. The quantitative estimate of drug-likeness (QED) is 0.656. The zero-order valence-corrected chi connectivity index (χ0v) is 8.17. The average Bonchev–Trinajstić information content (AvgIpc) is 2.55. The van der Waals surface area contributed by atoms with Crippen LogP contribution in [-0.2, 0) is 8.85 Å². The van der Waals surface area contributed by atoms with E-state index in [9.17, 15) is 4.80 Å². The second-order valence-electron chi connectivity index (χ2n) is 3.02. The third-order valence-corrected chi connectivity index (χ3v) is 5.24. The molecule has 1 rings (SSSR count). The molecule has 3 nitrogen and oxygen atoms in total. The minimum atomic E-state index is -2.76. The van der Waals surface area contributed by atoms with Gasteiger partial charge in [-0.25, -0.2) is 0 Å². The van der Waals surface area contributed by atoms with E-state index in [0.717, 1.165) is 12.8 Å². The first-order valence-corrected chi connectivity index (χ1v) is 5.89. The van der Waals surface area contributed by atoms with E-state index >= 15 is 0 Å². The molecule has 0 saturated heterocycles. The van der Waals surface area contributed by atoms with Crippen molar-refractivity contribution in [3.05, 3.63) is 0 Å². The molecule has 0 atom stereocenters. The molecule has 1 aliphatic rings. The molecule has 0 aromatic heterocycles. The molecule has 0 heterocycles. The average molecular weight is 176 g/mol. The van der Waals surface area contributed by atoms with Crippen molar-refractivity contribution in [2.45, 2.75) is 31.2 Å². The van der Waals surface area contributed by atoms with Crippen LogP contribution in [0.15, 0.2) is 0 Å². The van der Waals surface area contributed by atoms with Crippen molar-refractivity contribution in [3.8, 4) is 0 Å². The van der Waals surface area contributed by atoms with E-state index < -0.39 is 8.80 Å². The van der Waals surface area contributed by atoms with Gasteiger partial charge in [0, 0.05) is 19.8 Å². The molecule has 0 aliphatic heterocycles. The Bertz CT molecular complexity index is 119. The molecule has 1 aliphatic carbocycles. The first-order valence-electron chi connectivity index (χ1n) is 4.05. The van der Waals surface area contributed by atoms with Gasteiger partial charge in [-0.3, -0.25) is 0 Å². The monoisotopic (exact) mass is 176 g/mol. The van der Waals surface area contributed by atoms with Gasteiger partial charge in [0.15, 0.2) is 0 Å². The Morgan fingerprint density at radius 1 is 1.18 bits per heavy atom. The Kier molecular flexibility index (Phi) is 3.06. The lowest BCUT2D eigenvalue weighted by atomic mass is 10.4. The summed E-state index contributed by atoms with van der Waals surface area (Å²) in [5, 5.41) is 0. The van der Waals surface area contributed by atoms with Gasteiger partial charge in [0.25, 0.3) is 0 Å². The van der Waals surface area contributed by atoms with Crippen molar-refractivity contribution < 1.29 is 13.6 Å². The number of hydrogen-bond donors (Lipinski definition) is 1. The van der Waals surface area contributed by atoms with Crippen molar-refractivity contribution >= 4 is 8.80 Å². The first kappa shape index (κ1) is 9.19. The van der Waals surface area contributed by atoms with Crippen LogP contribution in [0.5, 0.6) is 0 Å². The molecule has 0 bridgehead atoms.